The van der Waals surface area contributed by atoms with Crippen LogP contribution in [0.1, 0.15) is 40.2 Å². The fourth-order valence-electron chi connectivity index (χ4n) is 3.55. The molecule has 0 atom stereocenters. The van der Waals surface area contributed by atoms with Gasteiger partial charge in [0.15, 0.2) is 0 Å². The lowest BCUT2D eigenvalue weighted by atomic mass is 10.1. The van der Waals surface area contributed by atoms with Gasteiger partial charge in [0.1, 0.15) is 4.90 Å². The Morgan fingerprint density at radius 2 is 1.83 bits per heavy atom. The van der Waals surface area contributed by atoms with Crippen LogP contribution in [0.4, 0.5) is 0 Å². The number of carbonyl (C=O) groups is 1. The second-order valence-corrected chi connectivity index (χ2v) is 9.49. The normalized spacial score (nSPS) is 18.0. The minimum Gasteiger partial charge on any atom is -0.379 e. The molecule has 0 spiro atoms. The van der Waals surface area contributed by atoms with Crippen LogP contribution in [-0.4, -0.2) is 60.8 Å². The molecule has 0 unspecified atom stereocenters. The van der Waals surface area contributed by atoms with Crippen LogP contribution in [-0.2, 0) is 21.3 Å². The van der Waals surface area contributed by atoms with E-state index in [0.29, 0.717) is 55.8 Å². The predicted octanol–water partition coefficient (Wildman–Crippen LogP) is 1.46. The number of ether oxygens (including phenoxy) is 1. The molecule has 1 aliphatic carbocycles. The number of nitrogens with zero attached hydrogens (tertiary/aromatic N) is 3. The second kappa shape index (κ2) is 7.89. The quantitative estimate of drug-likeness (QED) is 0.767. The van der Waals surface area contributed by atoms with E-state index >= 15 is 0 Å². The first-order chi connectivity index (χ1) is 13.9. The van der Waals surface area contributed by atoms with Gasteiger partial charge in [-0.2, -0.15) is 9.40 Å². The monoisotopic (exact) mass is 418 g/mol. The molecule has 2 heterocycles. The molecular formula is C20H26N4O4S. The van der Waals surface area contributed by atoms with Crippen LogP contribution < -0.4 is 5.32 Å². The standard InChI is InChI=1S/C20H26N4O4S/c1-14-19(29(26,27)23-9-11-28-12-10-23)15(2)24(22-14)13-16-3-5-17(6-4-16)20(25)21-18-7-8-18/h3-6,18H,7-13H2,1-2H3,(H,21,25). The average molecular weight is 419 g/mol. The second-order valence-electron chi connectivity index (χ2n) is 7.62. The van der Waals surface area contributed by atoms with Gasteiger partial charge in [0.25, 0.3) is 5.91 Å². The summed E-state index contributed by atoms with van der Waals surface area (Å²) in [5, 5.41) is 7.44. The van der Waals surface area contributed by atoms with E-state index in [1.165, 1.54) is 4.31 Å². The molecule has 1 aliphatic heterocycles. The van der Waals surface area contributed by atoms with Crippen molar-refractivity contribution in [1.29, 1.82) is 0 Å². The summed E-state index contributed by atoms with van der Waals surface area (Å²) in [6.45, 7) is 5.48. The summed E-state index contributed by atoms with van der Waals surface area (Å²) < 4.78 is 34.6. The van der Waals surface area contributed by atoms with E-state index < -0.39 is 10.0 Å². The van der Waals surface area contributed by atoms with Crippen LogP contribution in [0.2, 0.25) is 0 Å². The molecule has 1 saturated carbocycles. The van der Waals surface area contributed by atoms with Gasteiger partial charge >= 0.3 is 0 Å². The third-order valence-corrected chi connectivity index (χ3v) is 7.50. The van der Waals surface area contributed by atoms with Gasteiger partial charge in [-0.25, -0.2) is 8.42 Å². The third-order valence-electron chi connectivity index (χ3n) is 5.34. The van der Waals surface area contributed by atoms with Gasteiger partial charge in [0, 0.05) is 24.7 Å². The predicted molar refractivity (Wildman–Crippen MR) is 107 cm³/mol. The van der Waals surface area contributed by atoms with Crippen LogP contribution in [0.3, 0.4) is 0 Å². The van der Waals surface area contributed by atoms with Crippen molar-refractivity contribution in [2.24, 2.45) is 0 Å². The van der Waals surface area contributed by atoms with Crippen LogP contribution >= 0.6 is 0 Å². The molecule has 1 aromatic carbocycles. The van der Waals surface area contributed by atoms with E-state index in [4.69, 9.17) is 4.74 Å². The minimum absolute atomic E-state index is 0.0518. The Balaban J connectivity index is 1.52. The molecule has 2 aromatic rings. The van der Waals surface area contributed by atoms with Crippen molar-refractivity contribution in [1.82, 2.24) is 19.4 Å². The van der Waals surface area contributed by atoms with E-state index in [0.717, 1.165) is 18.4 Å². The van der Waals surface area contributed by atoms with Gasteiger partial charge in [-0.1, -0.05) is 12.1 Å². The Morgan fingerprint density at radius 3 is 2.45 bits per heavy atom. The number of benzene rings is 1. The van der Waals surface area contributed by atoms with Gasteiger partial charge in [0.2, 0.25) is 10.0 Å². The zero-order chi connectivity index (χ0) is 20.6. The highest BCUT2D eigenvalue weighted by Gasteiger charge is 2.32. The molecule has 29 heavy (non-hydrogen) atoms. The first-order valence-electron chi connectivity index (χ1n) is 9.88. The van der Waals surface area contributed by atoms with Crippen LogP contribution in [0.25, 0.3) is 0 Å². The number of morpholine rings is 1. The molecule has 1 saturated heterocycles. The van der Waals surface area contributed by atoms with Crippen molar-refractivity contribution < 1.29 is 17.9 Å². The van der Waals surface area contributed by atoms with E-state index in [1.807, 2.05) is 12.1 Å². The Morgan fingerprint density at radius 1 is 1.17 bits per heavy atom. The smallest absolute Gasteiger partial charge is 0.251 e. The fraction of sp³-hybridized carbons (Fsp3) is 0.500. The molecule has 9 heteroatoms. The van der Waals surface area contributed by atoms with Crippen molar-refractivity contribution >= 4 is 15.9 Å². The average Bonchev–Trinajstić information content (AvgIpc) is 3.47. The SMILES string of the molecule is Cc1nn(Cc2ccc(C(=O)NC3CC3)cc2)c(C)c1S(=O)(=O)N1CCOCC1. The highest BCUT2D eigenvalue weighted by molar-refractivity contribution is 7.89. The zero-order valence-electron chi connectivity index (χ0n) is 16.7. The number of carbonyl (C=O) groups excluding carboxylic acids is 1. The summed E-state index contributed by atoms with van der Waals surface area (Å²) in [7, 11) is -3.60. The summed E-state index contributed by atoms with van der Waals surface area (Å²) in [6.07, 6.45) is 2.11. The molecule has 1 amide bonds. The van der Waals surface area contributed by atoms with Crippen molar-refractivity contribution in [2.75, 3.05) is 26.3 Å². The van der Waals surface area contributed by atoms with E-state index in [9.17, 15) is 13.2 Å². The molecule has 8 nitrogen and oxygen atoms in total. The number of hydrogen-bond donors (Lipinski definition) is 1. The van der Waals surface area contributed by atoms with Crippen LogP contribution in [0, 0.1) is 13.8 Å². The minimum atomic E-state index is -3.60. The molecule has 0 radical (unpaired) electrons. The Bertz CT molecular complexity index is 1000. The molecule has 156 valence electrons. The molecule has 4 rings (SSSR count). The summed E-state index contributed by atoms with van der Waals surface area (Å²) >= 11 is 0. The zero-order valence-corrected chi connectivity index (χ0v) is 17.5. The summed E-state index contributed by atoms with van der Waals surface area (Å²) in [6, 6.07) is 7.68. The number of nitrogens with one attached hydrogen (secondary N) is 1. The Kier molecular flexibility index (Phi) is 5.46. The fourth-order valence-corrected chi connectivity index (χ4v) is 5.34. The maximum Gasteiger partial charge on any atom is 0.251 e. The maximum absolute atomic E-state index is 13.1. The van der Waals surface area contributed by atoms with Gasteiger partial charge < -0.3 is 10.1 Å². The number of hydrogen-bond acceptors (Lipinski definition) is 5. The van der Waals surface area contributed by atoms with E-state index in [1.54, 1.807) is 30.7 Å². The maximum atomic E-state index is 13.1. The Labute approximate surface area is 170 Å². The lowest BCUT2D eigenvalue weighted by Crippen LogP contribution is -2.41. The van der Waals surface area contributed by atoms with Crippen molar-refractivity contribution in [3.8, 4) is 0 Å². The van der Waals surface area contributed by atoms with Crippen molar-refractivity contribution in [3.63, 3.8) is 0 Å². The molecule has 0 bridgehead atoms. The van der Waals surface area contributed by atoms with E-state index in [-0.39, 0.29) is 10.8 Å². The largest absolute Gasteiger partial charge is 0.379 e. The molecule has 1 aromatic heterocycles. The van der Waals surface area contributed by atoms with Gasteiger partial charge in [-0.15, -0.1) is 0 Å². The van der Waals surface area contributed by atoms with E-state index in [2.05, 4.69) is 10.4 Å². The lowest BCUT2D eigenvalue weighted by molar-refractivity contribution is 0.0730. The molecule has 2 aliphatic rings. The number of aromatic nitrogens is 2. The first kappa shape index (κ1) is 20.1. The number of sulfonamides is 1. The van der Waals surface area contributed by atoms with Gasteiger partial charge in [-0.05, 0) is 44.4 Å². The van der Waals surface area contributed by atoms with Crippen molar-refractivity contribution in [2.45, 2.75) is 44.2 Å². The van der Waals surface area contributed by atoms with Gasteiger partial charge in [0.05, 0.1) is 31.1 Å². The lowest BCUT2D eigenvalue weighted by Gasteiger charge is -2.26. The summed E-state index contributed by atoms with van der Waals surface area (Å²) in [5.41, 5.74) is 2.69. The highest BCUT2D eigenvalue weighted by Crippen LogP contribution is 2.25. The third kappa shape index (κ3) is 4.22. The van der Waals surface area contributed by atoms with Crippen molar-refractivity contribution in [3.05, 3.63) is 46.8 Å². The topological polar surface area (TPSA) is 93.5 Å². The molecule has 1 N–H and O–H groups in total. The Hall–Kier alpha value is -2.23. The molecule has 2 fully saturated rings. The molecular weight excluding hydrogens is 392 g/mol. The number of amides is 1. The number of aryl methyl sites for hydroxylation is 1. The van der Waals surface area contributed by atoms with Crippen LogP contribution in [0.5, 0.6) is 0 Å². The first-order valence-corrected chi connectivity index (χ1v) is 11.3. The highest BCUT2D eigenvalue weighted by atomic mass is 32.2. The van der Waals surface area contributed by atoms with Crippen LogP contribution in [0.15, 0.2) is 29.2 Å². The summed E-state index contributed by atoms with van der Waals surface area (Å²) in [4.78, 5) is 12.4. The number of rotatable bonds is 6. The summed E-state index contributed by atoms with van der Waals surface area (Å²) in [5.74, 6) is -0.0518. The van der Waals surface area contributed by atoms with Gasteiger partial charge in [-0.3, -0.25) is 9.48 Å².